The Labute approximate surface area is 134 Å². The van der Waals surface area contributed by atoms with Crippen molar-refractivity contribution in [3.8, 4) is 11.5 Å². The Morgan fingerprint density at radius 1 is 1.25 bits per heavy atom. The van der Waals surface area contributed by atoms with Gasteiger partial charge in [0.2, 0.25) is 5.91 Å². The average Bonchev–Trinajstić information content (AvgIpc) is 2.45. The van der Waals surface area contributed by atoms with Gasteiger partial charge in [-0.1, -0.05) is 6.07 Å². The zero-order chi connectivity index (χ0) is 18.3. The third-order valence-electron chi connectivity index (χ3n) is 2.78. The molecule has 0 radical (unpaired) electrons. The molecule has 136 valence electrons. The molecule has 5 nitrogen and oxygen atoms in total. The minimum Gasteiger partial charge on any atom is -0.493 e. The van der Waals surface area contributed by atoms with Crippen LogP contribution in [0.25, 0.3) is 0 Å². The van der Waals surface area contributed by atoms with Gasteiger partial charge in [-0.05, 0) is 17.7 Å². The van der Waals surface area contributed by atoms with Gasteiger partial charge >= 0.3 is 12.8 Å². The molecule has 0 bridgehead atoms. The molecule has 0 N–H and O–H groups in total. The largest absolute Gasteiger partial charge is 0.493 e. The van der Waals surface area contributed by atoms with Crippen molar-refractivity contribution in [2.45, 2.75) is 19.3 Å². The molecule has 0 unspecified atom stereocenters. The summed E-state index contributed by atoms with van der Waals surface area (Å²) in [5.74, 6) is -0.813. The number of rotatable bonds is 8. The molecule has 1 aromatic carbocycles. The van der Waals surface area contributed by atoms with E-state index >= 15 is 0 Å². The molecule has 1 rings (SSSR count). The van der Waals surface area contributed by atoms with Crippen LogP contribution in [-0.2, 0) is 16.1 Å². The van der Waals surface area contributed by atoms with Crippen molar-refractivity contribution < 1.29 is 41.0 Å². The lowest BCUT2D eigenvalue weighted by atomic mass is 10.2. The van der Waals surface area contributed by atoms with Crippen LogP contribution in [0.2, 0.25) is 0 Å². The SMILES string of the molecule is COc1ccc(CN(C)C(=O)COCC(F)(F)F)cc1OC(F)F. The molecule has 0 aliphatic heterocycles. The summed E-state index contributed by atoms with van der Waals surface area (Å²) in [6, 6.07) is 4.15. The van der Waals surface area contributed by atoms with Gasteiger partial charge in [0, 0.05) is 13.6 Å². The lowest BCUT2D eigenvalue weighted by Crippen LogP contribution is -2.31. The molecule has 1 amide bonds. The van der Waals surface area contributed by atoms with Gasteiger partial charge in [0.25, 0.3) is 0 Å². The fraction of sp³-hybridized carbons (Fsp3) is 0.500. The molecule has 0 heterocycles. The number of hydrogen-bond donors (Lipinski definition) is 0. The van der Waals surface area contributed by atoms with Gasteiger partial charge in [0.1, 0.15) is 13.2 Å². The van der Waals surface area contributed by atoms with Gasteiger partial charge < -0.3 is 19.1 Å². The Kier molecular flexibility index (Phi) is 7.20. The zero-order valence-corrected chi connectivity index (χ0v) is 12.9. The maximum absolute atomic E-state index is 12.3. The fourth-order valence-corrected chi connectivity index (χ4v) is 1.73. The number of ether oxygens (including phenoxy) is 3. The van der Waals surface area contributed by atoms with Crippen molar-refractivity contribution in [1.82, 2.24) is 4.90 Å². The number of likely N-dealkylation sites (N-methyl/N-ethyl adjacent to an activating group) is 1. The van der Waals surface area contributed by atoms with Gasteiger partial charge in [0.05, 0.1) is 7.11 Å². The molecular formula is C14H16F5NO4. The van der Waals surface area contributed by atoms with E-state index in [1.165, 1.54) is 32.4 Å². The maximum atomic E-state index is 12.3. The summed E-state index contributed by atoms with van der Waals surface area (Å²) in [5.41, 5.74) is 0.429. The van der Waals surface area contributed by atoms with E-state index in [9.17, 15) is 26.7 Å². The highest BCUT2D eigenvalue weighted by molar-refractivity contribution is 5.77. The number of carbonyl (C=O) groups is 1. The minimum absolute atomic E-state index is 0.0300. The predicted octanol–water partition coefficient (Wildman–Crippen LogP) is 2.83. The number of carbonyl (C=O) groups excluding carboxylic acids is 1. The van der Waals surface area contributed by atoms with Crippen LogP contribution in [0, 0.1) is 0 Å². The zero-order valence-electron chi connectivity index (χ0n) is 12.9. The molecule has 0 saturated carbocycles. The summed E-state index contributed by atoms with van der Waals surface area (Å²) in [6.07, 6.45) is -4.52. The number of halogens is 5. The lowest BCUT2D eigenvalue weighted by molar-refractivity contribution is -0.177. The monoisotopic (exact) mass is 357 g/mol. The molecule has 0 saturated heterocycles. The third kappa shape index (κ3) is 6.99. The van der Waals surface area contributed by atoms with Crippen molar-refractivity contribution in [2.75, 3.05) is 27.4 Å². The first-order valence-corrected chi connectivity index (χ1v) is 6.62. The standard InChI is InChI=1S/C14H16F5NO4/c1-20(12(21)7-23-8-14(17,18)19)6-9-3-4-10(22-2)11(5-9)24-13(15)16/h3-5,13H,6-8H2,1-2H3. The molecule has 1 aromatic rings. The first-order valence-electron chi connectivity index (χ1n) is 6.62. The van der Waals surface area contributed by atoms with E-state index in [1.54, 1.807) is 0 Å². The molecule has 0 aliphatic rings. The van der Waals surface area contributed by atoms with E-state index in [0.717, 1.165) is 4.90 Å². The second kappa shape index (κ2) is 8.67. The third-order valence-corrected chi connectivity index (χ3v) is 2.78. The summed E-state index contributed by atoms with van der Waals surface area (Å²) in [6.45, 7) is -5.35. The smallest absolute Gasteiger partial charge is 0.411 e. The van der Waals surface area contributed by atoms with Gasteiger partial charge in [-0.25, -0.2) is 0 Å². The molecule has 0 atom stereocenters. The van der Waals surface area contributed by atoms with Crippen LogP contribution >= 0.6 is 0 Å². The predicted molar refractivity (Wildman–Crippen MR) is 73.0 cm³/mol. The molecule has 10 heteroatoms. The van der Waals surface area contributed by atoms with Crippen LogP contribution in [0.5, 0.6) is 11.5 Å². The van der Waals surface area contributed by atoms with Gasteiger partial charge in [0.15, 0.2) is 11.5 Å². The number of amides is 1. The number of hydrogen-bond acceptors (Lipinski definition) is 4. The topological polar surface area (TPSA) is 48.0 Å². The minimum atomic E-state index is -4.52. The van der Waals surface area contributed by atoms with Gasteiger partial charge in [-0.15, -0.1) is 0 Å². The quantitative estimate of drug-likeness (QED) is 0.672. The highest BCUT2D eigenvalue weighted by Gasteiger charge is 2.28. The maximum Gasteiger partial charge on any atom is 0.411 e. The van der Waals surface area contributed by atoms with Crippen molar-refractivity contribution in [3.05, 3.63) is 23.8 Å². The second-order valence-electron chi connectivity index (χ2n) is 4.72. The Hall–Kier alpha value is -2.10. The highest BCUT2D eigenvalue weighted by atomic mass is 19.4. The number of benzene rings is 1. The number of nitrogens with zero attached hydrogens (tertiary/aromatic N) is 1. The van der Waals surface area contributed by atoms with Crippen molar-refractivity contribution in [1.29, 1.82) is 0 Å². The van der Waals surface area contributed by atoms with Crippen molar-refractivity contribution >= 4 is 5.91 Å². The number of alkyl halides is 5. The van der Waals surface area contributed by atoms with Crippen molar-refractivity contribution in [3.63, 3.8) is 0 Å². The van der Waals surface area contributed by atoms with E-state index < -0.39 is 31.9 Å². The summed E-state index contributed by atoms with van der Waals surface area (Å²) >= 11 is 0. The highest BCUT2D eigenvalue weighted by Crippen LogP contribution is 2.29. The molecule has 0 aliphatic carbocycles. The van der Waals surface area contributed by atoms with Crippen LogP contribution in [0.3, 0.4) is 0 Å². The molecule has 24 heavy (non-hydrogen) atoms. The van der Waals surface area contributed by atoms with Crippen LogP contribution in [0.1, 0.15) is 5.56 Å². The summed E-state index contributed by atoms with van der Waals surface area (Å²) in [7, 11) is 2.62. The first kappa shape index (κ1) is 19.9. The normalized spacial score (nSPS) is 11.5. The van der Waals surface area contributed by atoms with Crippen LogP contribution < -0.4 is 9.47 Å². The van der Waals surface area contributed by atoms with Crippen LogP contribution in [-0.4, -0.2) is 51.0 Å². The fourth-order valence-electron chi connectivity index (χ4n) is 1.73. The van der Waals surface area contributed by atoms with Crippen LogP contribution in [0.4, 0.5) is 22.0 Å². The Balaban J connectivity index is 2.65. The second-order valence-corrected chi connectivity index (χ2v) is 4.72. The van der Waals surface area contributed by atoms with E-state index in [2.05, 4.69) is 9.47 Å². The molecule has 0 aromatic heterocycles. The molecule has 0 spiro atoms. The van der Waals surface area contributed by atoms with E-state index in [0.29, 0.717) is 5.56 Å². The van der Waals surface area contributed by atoms with E-state index in [1.807, 2.05) is 0 Å². The Bertz CT molecular complexity index is 550. The summed E-state index contributed by atoms with van der Waals surface area (Å²) in [5, 5.41) is 0. The van der Waals surface area contributed by atoms with E-state index in [4.69, 9.17) is 4.74 Å². The number of methoxy groups -OCH3 is 1. The van der Waals surface area contributed by atoms with Crippen molar-refractivity contribution in [2.24, 2.45) is 0 Å². The van der Waals surface area contributed by atoms with Gasteiger partial charge in [-0.2, -0.15) is 22.0 Å². The van der Waals surface area contributed by atoms with Gasteiger partial charge in [-0.3, -0.25) is 4.79 Å². The summed E-state index contributed by atoms with van der Waals surface area (Å²) < 4.78 is 74.0. The molecular weight excluding hydrogens is 341 g/mol. The average molecular weight is 357 g/mol. The first-order chi connectivity index (χ1) is 11.1. The summed E-state index contributed by atoms with van der Waals surface area (Å²) in [4.78, 5) is 12.8. The van der Waals surface area contributed by atoms with Crippen LogP contribution in [0.15, 0.2) is 18.2 Å². The lowest BCUT2D eigenvalue weighted by Gasteiger charge is -2.19. The Morgan fingerprint density at radius 3 is 2.46 bits per heavy atom. The molecule has 0 fully saturated rings. The van der Waals surface area contributed by atoms with E-state index in [-0.39, 0.29) is 18.0 Å². The Morgan fingerprint density at radius 2 is 1.92 bits per heavy atom.